The molecule has 3 heterocycles. The van der Waals surface area contributed by atoms with E-state index in [2.05, 4.69) is 15.5 Å². The van der Waals surface area contributed by atoms with Crippen molar-refractivity contribution in [1.29, 1.82) is 0 Å². The quantitative estimate of drug-likeness (QED) is 0.833. The molecule has 0 aromatic rings. The van der Waals surface area contributed by atoms with Crippen molar-refractivity contribution in [2.75, 3.05) is 32.7 Å². The molecule has 2 unspecified atom stereocenters. The molecule has 1 saturated carbocycles. The fourth-order valence-electron chi connectivity index (χ4n) is 4.86. The van der Waals surface area contributed by atoms with Gasteiger partial charge in [0.05, 0.1) is 12.2 Å². The molecule has 4 rings (SSSR count). The maximum absolute atomic E-state index is 6.34. The molecule has 0 spiro atoms. The summed E-state index contributed by atoms with van der Waals surface area (Å²) in [4.78, 5) is 2.76. The molecule has 2 N–H and O–H groups in total. The third-order valence-electron chi connectivity index (χ3n) is 6.13. The monoisotopic (exact) mass is 323 g/mol. The van der Waals surface area contributed by atoms with Gasteiger partial charge in [0.2, 0.25) is 0 Å². The minimum absolute atomic E-state index is 0.535. The average Bonchev–Trinajstić information content (AvgIpc) is 3.22. The fourth-order valence-corrected chi connectivity index (χ4v) is 4.86. The molecule has 4 heteroatoms. The Labute approximate surface area is 142 Å². The van der Waals surface area contributed by atoms with E-state index >= 15 is 0 Å². The van der Waals surface area contributed by atoms with E-state index in [-0.39, 0.29) is 0 Å². The van der Waals surface area contributed by atoms with Gasteiger partial charge >= 0.3 is 0 Å². The zero-order chi connectivity index (χ0) is 16.1. The maximum atomic E-state index is 6.34. The lowest BCUT2D eigenvalue weighted by Crippen LogP contribution is -2.46. The first-order valence-electron chi connectivity index (χ1n) is 10.2. The van der Waals surface area contributed by atoms with Crippen LogP contribution in [0.25, 0.3) is 0 Å². The van der Waals surface area contributed by atoms with Crippen LogP contribution in [0.3, 0.4) is 0 Å². The van der Waals surface area contributed by atoms with Gasteiger partial charge in [-0.25, -0.2) is 0 Å². The number of fused-ring (bicyclic) bond motifs is 2. The van der Waals surface area contributed by atoms with Gasteiger partial charge in [0.15, 0.2) is 0 Å². The number of rotatable bonds is 4. The Morgan fingerprint density at radius 2 is 1.65 bits per heavy atom. The molecule has 23 heavy (non-hydrogen) atoms. The number of piperidine rings is 1. The number of piperazine rings is 1. The Bertz CT molecular complexity index is 338. The summed E-state index contributed by atoms with van der Waals surface area (Å²) < 4.78 is 6.34. The molecule has 2 bridgehead atoms. The van der Waals surface area contributed by atoms with Crippen molar-refractivity contribution < 1.29 is 4.74 Å². The first kappa shape index (κ1) is 17.7. The van der Waals surface area contributed by atoms with Crippen LogP contribution in [0.15, 0.2) is 0 Å². The van der Waals surface area contributed by atoms with Crippen LogP contribution in [0.1, 0.15) is 58.8 Å². The summed E-state index contributed by atoms with van der Waals surface area (Å²) in [5.41, 5.74) is 0. The Balaban J connectivity index is 0.000000753. The SMILES string of the molecule is C1CC(OC2CCC(CN3CC4CC3CN4)CC2)CCN1.CC. The largest absolute Gasteiger partial charge is 0.375 e. The molecule has 134 valence electrons. The van der Waals surface area contributed by atoms with Crippen LogP contribution < -0.4 is 10.6 Å². The van der Waals surface area contributed by atoms with Crippen LogP contribution in [0, 0.1) is 5.92 Å². The van der Waals surface area contributed by atoms with Gasteiger partial charge in [0.1, 0.15) is 0 Å². The van der Waals surface area contributed by atoms with E-state index in [4.69, 9.17) is 4.74 Å². The highest BCUT2D eigenvalue weighted by molar-refractivity contribution is 4.98. The summed E-state index contributed by atoms with van der Waals surface area (Å²) in [5.74, 6) is 0.928. The third-order valence-corrected chi connectivity index (χ3v) is 6.13. The Hall–Kier alpha value is -0.160. The smallest absolute Gasteiger partial charge is 0.0603 e. The van der Waals surface area contributed by atoms with Crippen molar-refractivity contribution in [1.82, 2.24) is 15.5 Å². The summed E-state index contributed by atoms with van der Waals surface area (Å²) >= 11 is 0. The lowest BCUT2D eigenvalue weighted by molar-refractivity contribution is -0.0499. The topological polar surface area (TPSA) is 36.5 Å². The van der Waals surface area contributed by atoms with Crippen LogP contribution in [-0.2, 0) is 4.74 Å². The molecular weight excluding hydrogens is 286 g/mol. The number of hydrogen-bond acceptors (Lipinski definition) is 4. The van der Waals surface area contributed by atoms with Gasteiger partial charge in [-0.2, -0.15) is 0 Å². The first-order chi connectivity index (χ1) is 11.4. The Kier molecular flexibility index (Phi) is 6.75. The van der Waals surface area contributed by atoms with Crippen molar-refractivity contribution in [2.24, 2.45) is 5.92 Å². The summed E-state index contributed by atoms with van der Waals surface area (Å²) in [6.07, 6.45) is 10.3. The molecule has 3 aliphatic heterocycles. The molecule has 1 aliphatic carbocycles. The molecule has 0 aromatic carbocycles. The summed E-state index contributed by atoms with van der Waals surface area (Å²) in [6, 6.07) is 1.65. The summed E-state index contributed by atoms with van der Waals surface area (Å²) in [6.45, 7) is 10.2. The summed E-state index contributed by atoms with van der Waals surface area (Å²) in [7, 11) is 0. The molecule has 4 fully saturated rings. The van der Waals surface area contributed by atoms with Crippen molar-refractivity contribution in [3.05, 3.63) is 0 Å². The molecule has 4 aliphatic rings. The Morgan fingerprint density at radius 3 is 2.26 bits per heavy atom. The van der Waals surface area contributed by atoms with Crippen molar-refractivity contribution in [3.63, 3.8) is 0 Å². The zero-order valence-electron chi connectivity index (χ0n) is 15.2. The molecule has 0 aromatic heterocycles. The third kappa shape index (κ3) is 4.68. The summed E-state index contributed by atoms with van der Waals surface area (Å²) in [5, 5.41) is 7.03. The number of likely N-dealkylation sites (tertiary alicyclic amines) is 1. The standard InChI is InChI=1S/C17H31N3O.C2H6/c1-3-16(21-17-5-7-18-8-6-17)4-2-13(1)11-20-12-14-9-15(20)10-19-14;1-2/h13-19H,1-12H2;1-2H3. The molecule has 3 saturated heterocycles. The number of nitrogens with one attached hydrogen (secondary N) is 2. The van der Waals surface area contributed by atoms with Crippen molar-refractivity contribution in [3.8, 4) is 0 Å². The van der Waals surface area contributed by atoms with E-state index in [1.807, 2.05) is 13.8 Å². The average molecular weight is 324 g/mol. The van der Waals surface area contributed by atoms with Crippen LogP contribution in [0.4, 0.5) is 0 Å². The van der Waals surface area contributed by atoms with E-state index in [9.17, 15) is 0 Å². The predicted octanol–water partition coefficient (Wildman–Crippen LogP) is 2.39. The first-order valence-corrected chi connectivity index (χ1v) is 10.2. The van der Waals surface area contributed by atoms with Gasteiger partial charge in [-0.15, -0.1) is 0 Å². The molecule has 0 radical (unpaired) electrons. The lowest BCUT2D eigenvalue weighted by Gasteiger charge is -2.36. The highest BCUT2D eigenvalue weighted by Crippen LogP contribution is 2.31. The van der Waals surface area contributed by atoms with Gasteiger partial charge in [-0.3, -0.25) is 4.90 Å². The van der Waals surface area contributed by atoms with E-state index in [1.165, 1.54) is 64.6 Å². The highest BCUT2D eigenvalue weighted by Gasteiger charge is 2.38. The van der Waals surface area contributed by atoms with Crippen LogP contribution in [-0.4, -0.2) is 61.9 Å². The minimum atomic E-state index is 0.535. The number of hydrogen-bond donors (Lipinski definition) is 2. The fraction of sp³-hybridized carbons (Fsp3) is 1.00. The van der Waals surface area contributed by atoms with Gasteiger partial charge < -0.3 is 15.4 Å². The molecule has 2 atom stereocenters. The number of nitrogens with zero attached hydrogens (tertiary/aromatic N) is 1. The minimum Gasteiger partial charge on any atom is -0.375 e. The van der Waals surface area contributed by atoms with E-state index in [0.29, 0.717) is 12.2 Å². The molecular formula is C19H37N3O. The predicted molar refractivity (Wildman–Crippen MR) is 95.8 cm³/mol. The van der Waals surface area contributed by atoms with E-state index < -0.39 is 0 Å². The van der Waals surface area contributed by atoms with Gasteiger partial charge in [0, 0.05) is 31.7 Å². The normalized spacial score (nSPS) is 38.3. The van der Waals surface area contributed by atoms with E-state index in [0.717, 1.165) is 31.1 Å². The second kappa shape index (κ2) is 8.80. The maximum Gasteiger partial charge on any atom is 0.0603 e. The van der Waals surface area contributed by atoms with Gasteiger partial charge in [0.25, 0.3) is 0 Å². The van der Waals surface area contributed by atoms with Crippen LogP contribution in [0.5, 0.6) is 0 Å². The van der Waals surface area contributed by atoms with Crippen LogP contribution in [0.2, 0.25) is 0 Å². The second-order valence-corrected chi connectivity index (χ2v) is 7.68. The van der Waals surface area contributed by atoms with E-state index in [1.54, 1.807) is 0 Å². The Morgan fingerprint density at radius 1 is 0.957 bits per heavy atom. The molecule has 0 amide bonds. The molecule has 4 nitrogen and oxygen atoms in total. The lowest BCUT2D eigenvalue weighted by atomic mass is 9.86. The second-order valence-electron chi connectivity index (χ2n) is 7.68. The van der Waals surface area contributed by atoms with Gasteiger partial charge in [-0.1, -0.05) is 13.8 Å². The van der Waals surface area contributed by atoms with Crippen LogP contribution >= 0.6 is 0 Å². The highest BCUT2D eigenvalue weighted by atomic mass is 16.5. The van der Waals surface area contributed by atoms with Crippen molar-refractivity contribution >= 4 is 0 Å². The van der Waals surface area contributed by atoms with Gasteiger partial charge in [-0.05, 0) is 64.0 Å². The number of ether oxygens (including phenoxy) is 1. The zero-order valence-corrected chi connectivity index (χ0v) is 15.2. The van der Waals surface area contributed by atoms with Crippen molar-refractivity contribution in [2.45, 2.75) is 83.1 Å².